The average Bonchev–Trinajstić information content (AvgIpc) is 3.54. The highest BCUT2D eigenvalue weighted by Gasteiger charge is 2.24. The number of hydrogen-bond acceptors (Lipinski definition) is 6. The zero-order valence-electron chi connectivity index (χ0n) is 20.3. The van der Waals surface area contributed by atoms with Crippen LogP contribution in [0.25, 0.3) is 0 Å². The maximum Gasteiger partial charge on any atom is 0.322 e. The van der Waals surface area contributed by atoms with Gasteiger partial charge in [0.2, 0.25) is 12.7 Å². The summed E-state index contributed by atoms with van der Waals surface area (Å²) in [5.41, 5.74) is 1.87. The van der Waals surface area contributed by atoms with E-state index in [0.29, 0.717) is 42.4 Å². The Balaban J connectivity index is 1.51. The van der Waals surface area contributed by atoms with E-state index in [1.165, 1.54) is 4.90 Å². The number of rotatable bonds is 9. The van der Waals surface area contributed by atoms with Crippen LogP contribution >= 0.6 is 11.3 Å². The summed E-state index contributed by atoms with van der Waals surface area (Å²) in [4.78, 5) is 31.0. The molecule has 1 aliphatic heterocycles. The molecule has 1 N–H and O–H groups in total. The highest BCUT2D eigenvalue weighted by molar-refractivity contribution is 7.09. The molecular weight excluding hydrogens is 476 g/mol. The Bertz CT molecular complexity index is 1250. The standard InChI is InChI=1S/C27H28N4O4S/c1-19(2)14-31(27(33)29-22-6-3-5-20(11-22)13-28)17-26(32)30(16-23-7-4-10-36-23)15-21-8-9-24-25(12-21)35-18-34-24/h3-12,19H,14-18H2,1-2H3,(H,29,33). The average molecular weight is 505 g/mol. The summed E-state index contributed by atoms with van der Waals surface area (Å²) in [6.07, 6.45) is 0. The van der Waals surface area contributed by atoms with Crippen LogP contribution in [0, 0.1) is 17.2 Å². The number of nitrogens with zero attached hydrogens (tertiary/aromatic N) is 3. The molecule has 9 heteroatoms. The van der Waals surface area contributed by atoms with Crippen molar-refractivity contribution in [2.45, 2.75) is 26.9 Å². The third-order valence-electron chi connectivity index (χ3n) is 5.53. The minimum atomic E-state index is -0.383. The number of nitriles is 1. The number of hydrogen-bond donors (Lipinski definition) is 1. The van der Waals surface area contributed by atoms with E-state index in [1.54, 1.807) is 40.5 Å². The maximum atomic E-state index is 13.6. The van der Waals surface area contributed by atoms with Crippen LogP contribution in [0.4, 0.5) is 10.5 Å². The molecule has 0 bridgehead atoms. The molecule has 36 heavy (non-hydrogen) atoms. The van der Waals surface area contributed by atoms with E-state index in [4.69, 9.17) is 14.7 Å². The predicted molar refractivity (Wildman–Crippen MR) is 138 cm³/mol. The number of ether oxygens (including phenoxy) is 2. The van der Waals surface area contributed by atoms with Crippen molar-refractivity contribution < 1.29 is 19.1 Å². The molecule has 0 atom stereocenters. The molecule has 186 valence electrons. The largest absolute Gasteiger partial charge is 0.454 e. The molecule has 0 spiro atoms. The summed E-state index contributed by atoms with van der Waals surface area (Å²) < 4.78 is 10.9. The molecule has 1 aliphatic rings. The lowest BCUT2D eigenvalue weighted by Crippen LogP contribution is -2.45. The van der Waals surface area contributed by atoms with Gasteiger partial charge in [0.1, 0.15) is 6.54 Å². The molecule has 3 amide bonds. The van der Waals surface area contributed by atoms with E-state index in [-0.39, 0.29) is 31.2 Å². The van der Waals surface area contributed by atoms with E-state index in [0.717, 1.165) is 10.4 Å². The summed E-state index contributed by atoms with van der Waals surface area (Å²) in [7, 11) is 0. The smallest absolute Gasteiger partial charge is 0.322 e. The lowest BCUT2D eigenvalue weighted by atomic mass is 10.1. The van der Waals surface area contributed by atoms with Gasteiger partial charge in [0.25, 0.3) is 0 Å². The van der Waals surface area contributed by atoms with Crippen LogP contribution in [-0.4, -0.2) is 41.6 Å². The van der Waals surface area contributed by atoms with E-state index in [2.05, 4.69) is 11.4 Å². The molecule has 2 heterocycles. The van der Waals surface area contributed by atoms with Gasteiger partial charge < -0.3 is 24.6 Å². The highest BCUT2D eigenvalue weighted by Crippen LogP contribution is 2.33. The zero-order valence-corrected chi connectivity index (χ0v) is 21.1. The summed E-state index contributed by atoms with van der Waals surface area (Å²) in [5, 5.41) is 14.0. The number of carbonyl (C=O) groups excluding carboxylic acids is 2. The number of anilines is 1. The number of urea groups is 1. The topological polar surface area (TPSA) is 94.9 Å². The minimum Gasteiger partial charge on any atom is -0.454 e. The Hall–Kier alpha value is -4.03. The Morgan fingerprint density at radius 1 is 1.06 bits per heavy atom. The molecule has 0 unspecified atom stereocenters. The first-order chi connectivity index (χ1) is 17.4. The molecule has 3 aromatic rings. The predicted octanol–water partition coefficient (Wildman–Crippen LogP) is 5.07. The van der Waals surface area contributed by atoms with Gasteiger partial charge in [-0.05, 0) is 53.3 Å². The van der Waals surface area contributed by atoms with Gasteiger partial charge in [-0.3, -0.25) is 4.79 Å². The number of carbonyl (C=O) groups is 2. The first kappa shape index (κ1) is 25.1. The quantitative estimate of drug-likeness (QED) is 0.439. The molecule has 0 aliphatic carbocycles. The monoisotopic (exact) mass is 504 g/mol. The Morgan fingerprint density at radius 3 is 2.64 bits per heavy atom. The van der Waals surface area contributed by atoms with E-state index < -0.39 is 0 Å². The van der Waals surface area contributed by atoms with E-state index >= 15 is 0 Å². The molecule has 0 fully saturated rings. The number of nitrogens with one attached hydrogen (secondary N) is 1. The van der Waals surface area contributed by atoms with Gasteiger partial charge in [-0.2, -0.15) is 5.26 Å². The van der Waals surface area contributed by atoms with Gasteiger partial charge in [0.15, 0.2) is 11.5 Å². The molecule has 4 rings (SSSR count). The fraction of sp³-hybridized carbons (Fsp3) is 0.296. The molecule has 8 nitrogen and oxygen atoms in total. The maximum absolute atomic E-state index is 13.6. The van der Waals surface area contributed by atoms with Crippen molar-refractivity contribution in [2.75, 3.05) is 25.2 Å². The number of benzene rings is 2. The molecule has 0 radical (unpaired) electrons. The Labute approximate surface area is 214 Å². The molecular formula is C27H28N4O4S. The van der Waals surface area contributed by atoms with Crippen molar-refractivity contribution in [2.24, 2.45) is 5.92 Å². The fourth-order valence-corrected chi connectivity index (χ4v) is 4.59. The van der Waals surface area contributed by atoms with Crippen LogP contribution in [0.2, 0.25) is 0 Å². The second-order valence-electron chi connectivity index (χ2n) is 8.91. The molecule has 1 aromatic heterocycles. The zero-order chi connectivity index (χ0) is 25.5. The first-order valence-electron chi connectivity index (χ1n) is 11.7. The minimum absolute atomic E-state index is 0.0715. The number of thiophene rings is 1. The highest BCUT2D eigenvalue weighted by atomic mass is 32.1. The summed E-state index contributed by atoms with van der Waals surface area (Å²) in [5.74, 6) is 1.35. The van der Waals surface area contributed by atoms with Crippen LogP contribution < -0.4 is 14.8 Å². The van der Waals surface area contributed by atoms with Crippen LogP contribution in [0.1, 0.15) is 29.9 Å². The second kappa shape index (κ2) is 11.6. The van der Waals surface area contributed by atoms with Gasteiger partial charge in [0, 0.05) is 23.7 Å². The van der Waals surface area contributed by atoms with E-state index in [1.807, 2.05) is 49.6 Å². The summed E-state index contributed by atoms with van der Waals surface area (Å²) in [6, 6.07) is 18.0. The first-order valence-corrected chi connectivity index (χ1v) is 12.5. The van der Waals surface area contributed by atoms with Crippen LogP contribution in [0.5, 0.6) is 11.5 Å². The fourth-order valence-electron chi connectivity index (χ4n) is 3.87. The van der Waals surface area contributed by atoms with E-state index in [9.17, 15) is 9.59 Å². The SMILES string of the molecule is CC(C)CN(CC(=O)N(Cc1ccc2c(c1)OCO2)Cc1cccs1)C(=O)Nc1cccc(C#N)c1. The van der Waals surface area contributed by atoms with Crippen LogP contribution in [0.15, 0.2) is 60.0 Å². The number of fused-ring (bicyclic) bond motifs is 1. The van der Waals surface area contributed by atoms with Gasteiger partial charge in [0.05, 0.1) is 18.2 Å². The van der Waals surface area contributed by atoms with Gasteiger partial charge in [-0.15, -0.1) is 11.3 Å². The van der Waals surface area contributed by atoms with Gasteiger partial charge in [-0.1, -0.05) is 32.0 Å². The van der Waals surface area contributed by atoms with Crippen molar-refractivity contribution in [3.63, 3.8) is 0 Å². The molecule has 0 saturated heterocycles. The number of amides is 3. The van der Waals surface area contributed by atoms with Crippen molar-refractivity contribution in [3.05, 3.63) is 76.0 Å². The summed E-state index contributed by atoms with van der Waals surface area (Å²) >= 11 is 1.58. The van der Waals surface area contributed by atoms with Crippen molar-refractivity contribution >= 4 is 29.0 Å². The van der Waals surface area contributed by atoms with Gasteiger partial charge in [-0.25, -0.2) is 4.79 Å². The van der Waals surface area contributed by atoms with Crippen LogP contribution in [0.3, 0.4) is 0 Å². The third kappa shape index (κ3) is 6.55. The molecule has 2 aromatic carbocycles. The lowest BCUT2D eigenvalue weighted by Gasteiger charge is -2.29. The molecule has 0 saturated carbocycles. The Kier molecular flexibility index (Phi) is 8.08. The van der Waals surface area contributed by atoms with Crippen molar-refractivity contribution in [3.8, 4) is 17.6 Å². The van der Waals surface area contributed by atoms with Crippen molar-refractivity contribution in [1.82, 2.24) is 9.80 Å². The second-order valence-corrected chi connectivity index (χ2v) is 9.95. The van der Waals surface area contributed by atoms with Crippen LogP contribution in [-0.2, 0) is 17.9 Å². The third-order valence-corrected chi connectivity index (χ3v) is 6.39. The summed E-state index contributed by atoms with van der Waals surface area (Å²) in [6.45, 7) is 5.33. The van der Waals surface area contributed by atoms with Gasteiger partial charge >= 0.3 is 6.03 Å². The lowest BCUT2D eigenvalue weighted by molar-refractivity contribution is -0.133. The normalized spacial score (nSPS) is 11.7. The van der Waals surface area contributed by atoms with Crippen molar-refractivity contribution in [1.29, 1.82) is 5.26 Å². The Morgan fingerprint density at radius 2 is 1.89 bits per heavy atom.